The molecule has 1 atom stereocenters. The molecule has 1 aromatic rings. The van der Waals surface area contributed by atoms with Gasteiger partial charge in [-0.15, -0.1) is 0 Å². The third kappa shape index (κ3) is 1.97. The van der Waals surface area contributed by atoms with Crippen LogP contribution in [0.1, 0.15) is 30.3 Å². The molecule has 1 aliphatic rings. The Morgan fingerprint density at radius 1 is 1.62 bits per heavy atom. The first-order valence-corrected chi connectivity index (χ1v) is 5.59. The molecule has 0 aromatic carbocycles. The Bertz CT molecular complexity index is 427. The number of nitrogens with zero attached hydrogens (tertiary/aromatic N) is 1. The maximum Gasteiger partial charge on any atom is 0.296 e. The van der Waals surface area contributed by atoms with Gasteiger partial charge in [-0.3, -0.25) is 14.5 Å². The van der Waals surface area contributed by atoms with Gasteiger partial charge in [-0.05, 0) is 29.7 Å². The van der Waals surface area contributed by atoms with Crippen LogP contribution in [0.25, 0.3) is 0 Å². The van der Waals surface area contributed by atoms with Crippen molar-refractivity contribution in [2.45, 2.75) is 19.8 Å². The van der Waals surface area contributed by atoms with Crippen molar-refractivity contribution in [3.63, 3.8) is 0 Å². The molecule has 1 aliphatic heterocycles. The zero-order valence-electron chi connectivity index (χ0n) is 8.90. The quantitative estimate of drug-likeness (QED) is 0.747. The summed E-state index contributed by atoms with van der Waals surface area (Å²) in [5.74, 6) is -0.144. The molecule has 16 heavy (non-hydrogen) atoms. The lowest BCUT2D eigenvalue weighted by Gasteiger charge is -2.12. The highest BCUT2D eigenvalue weighted by Crippen LogP contribution is 2.23. The average Bonchev–Trinajstić information content (AvgIpc) is 2.83. The monoisotopic (exact) mass is 241 g/mol. The van der Waals surface area contributed by atoms with Gasteiger partial charge < -0.3 is 4.42 Å². The summed E-state index contributed by atoms with van der Waals surface area (Å²) in [4.78, 5) is 24.7. The van der Waals surface area contributed by atoms with Crippen LogP contribution in [-0.4, -0.2) is 23.3 Å². The molecule has 2 amide bonds. The van der Waals surface area contributed by atoms with E-state index in [9.17, 15) is 9.59 Å². The first-order chi connectivity index (χ1) is 7.61. The number of halogens is 1. The molecule has 0 aliphatic carbocycles. The van der Waals surface area contributed by atoms with Gasteiger partial charge in [-0.2, -0.15) is 0 Å². The SMILES string of the molecule is CCC1CC(=O)N(C(=O)c2ccc(Cl)o2)C1. The predicted octanol–water partition coefficient (Wildman–Crippen LogP) is 2.33. The van der Waals surface area contributed by atoms with Gasteiger partial charge in [-0.1, -0.05) is 13.3 Å². The van der Waals surface area contributed by atoms with Crippen LogP contribution in [0.3, 0.4) is 0 Å². The van der Waals surface area contributed by atoms with Crippen LogP contribution in [0.15, 0.2) is 16.5 Å². The van der Waals surface area contributed by atoms with Gasteiger partial charge in [0, 0.05) is 13.0 Å². The molecule has 1 saturated heterocycles. The van der Waals surface area contributed by atoms with Gasteiger partial charge in [0.2, 0.25) is 5.91 Å². The number of rotatable bonds is 2. The molecule has 2 heterocycles. The van der Waals surface area contributed by atoms with E-state index < -0.39 is 5.91 Å². The number of hydrogen-bond acceptors (Lipinski definition) is 3. The van der Waals surface area contributed by atoms with E-state index in [-0.39, 0.29) is 22.8 Å². The minimum atomic E-state index is -0.396. The van der Waals surface area contributed by atoms with Crippen LogP contribution in [0.2, 0.25) is 5.22 Å². The summed E-state index contributed by atoms with van der Waals surface area (Å²) in [7, 11) is 0. The fourth-order valence-electron chi connectivity index (χ4n) is 1.81. The molecule has 5 heteroatoms. The van der Waals surface area contributed by atoms with Crippen molar-refractivity contribution in [3.05, 3.63) is 23.1 Å². The highest BCUT2D eigenvalue weighted by molar-refractivity contribution is 6.29. The van der Waals surface area contributed by atoms with Crippen LogP contribution in [0.4, 0.5) is 0 Å². The fraction of sp³-hybridized carbons (Fsp3) is 0.455. The molecule has 0 bridgehead atoms. The van der Waals surface area contributed by atoms with Crippen molar-refractivity contribution in [1.82, 2.24) is 4.90 Å². The summed E-state index contributed by atoms with van der Waals surface area (Å²) in [5.41, 5.74) is 0. The summed E-state index contributed by atoms with van der Waals surface area (Å²) in [5, 5.41) is 0.155. The van der Waals surface area contributed by atoms with Crippen LogP contribution >= 0.6 is 11.6 Å². The van der Waals surface area contributed by atoms with Crippen molar-refractivity contribution in [3.8, 4) is 0 Å². The molecule has 0 N–H and O–H groups in total. The Balaban J connectivity index is 2.14. The second kappa shape index (κ2) is 4.29. The van der Waals surface area contributed by atoms with Gasteiger partial charge >= 0.3 is 0 Å². The first kappa shape index (κ1) is 11.2. The highest BCUT2D eigenvalue weighted by atomic mass is 35.5. The number of hydrogen-bond donors (Lipinski definition) is 0. The normalized spacial score (nSPS) is 20.5. The molecule has 4 nitrogen and oxygen atoms in total. The lowest BCUT2D eigenvalue weighted by atomic mass is 10.1. The van der Waals surface area contributed by atoms with Crippen LogP contribution in [-0.2, 0) is 4.79 Å². The zero-order chi connectivity index (χ0) is 11.7. The van der Waals surface area contributed by atoms with Gasteiger partial charge in [0.15, 0.2) is 11.0 Å². The summed E-state index contributed by atoms with van der Waals surface area (Å²) in [6, 6.07) is 2.98. The number of carbonyl (C=O) groups is 2. The van der Waals surface area contributed by atoms with Gasteiger partial charge in [0.1, 0.15) is 0 Å². The van der Waals surface area contributed by atoms with Gasteiger partial charge in [-0.25, -0.2) is 0 Å². The van der Waals surface area contributed by atoms with E-state index in [0.29, 0.717) is 13.0 Å². The minimum absolute atomic E-state index is 0.120. The second-order valence-electron chi connectivity index (χ2n) is 3.89. The molecule has 0 radical (unpaired) electrons. The van der Waals surface area contributed by atoms with E-state index >= 15 is 0 Å². The summed E-state index contributed by atoms with van der Waals surface area (Å²) < 4.78 is 5.00. The van der Waals surface area contributed by atoms with Crippen LogP contribution < -0.4 is 0 Å². The van der Waals surface area contributed by atoms with Crippen molar-refractivity contribution in [2.75, 3.05) is 6.54 Å². The van der Waals surface area contributed by atoms with E-state index in [1.165, 1.54) is 17.0 Å². The molecule has 1 fully saturated rings. The number of carbonyl (C=O) groups excluding carboxylic acids is 2. The van der Waals surface area contributed by atoms with E-state index in [1.54, 1.807) is 0 Å². The largest absolute Gasteiger partial charge is 0.440 e. The smallest absolute Gasteiger partial charge is 0.296 e. The van der Waals surface area contributed by atoms with Gasteiger partial charge in [0.25, 0.3) is 5.91 Å². The molecular weight excluding hydrogens is 230 g/mol. The molecular formula is C11H12ClNO3. The topological polar surface area (TPSA) is 50.5 Å². The molecule has 2 rings (SSSR count). The number of furan rings is 1. The summed E-state index contributed by atoms with van der Waals surface area (Å²) in [6.45, 7) is 2.49. The summed E-state index contributed by atoms with van der Waals surface area (Å²) in [6.07, 6.45) is 1.34. The Kier molecular flexibility index (Phi) is 3.01. The van der Waals surface area contributed by atoms with Crippen molar-refractivity contribution < 1.29 is 14.0 Å². The Hall–Kier alpha value is -1.29. The zero-order valence-corrected chi connectivity index (χ0v) is 9.66. The molecule has 1 aromatic heterocycles. The summed E-state index contributed by atoms with van der Waals surface area (Å²) >= 11 is 5.58. The van der Waals surface area contributed by atoms with Crippen molar-refractivity contribution in [1.29, 1.82) is 0 Å². The maximum atomic E-state index is 11.9. The van der Waals surface area contributed by atoms with E-state index in [4.69, 9.17) is 16.0 Å². The van der Waals surface area contributed by atoms with E-state index in [0.717, 1.165) is 6.42 Å². The first-order valence-electron chi connectivity index (χ1n) is 5.22. The Morgan fingerprint density at radius 3 is 2.88 bits per heavy atom. The maximum absolute atomic E-state index is 11.9. The van der Waals surface area contributed by atoms with Crippen molar-refractivity contribution >= 4 is 23.4 Å². The molecule has 86 valence electrons. The van der Waals surface area contributed by atoms with Crippen molar-refractivity contribution in [2.24, 2.45) is 5.92 Å². The lowest BCUT2D eigenvalue weighted by Crippen LogP contribution is -2.32. The molecule has 0 saturated carbocycles. The molecule has 1 unspecified atom stereocenters. The number of likely N-dealkylation sites (tertiary alicyclic amines) is 1. The van der Waals surface area contributed by atoms with E-state index in [2.05, 4.69) is 0 Å². The number of imide groups is 1. The Labute approximate surface area is 98.2 Å². The Morgan fingerprint density at radius 2 is 2.38 bits per heavy atom. The number of amides is 2. The minimum Gasteiger partial charge on any atom is -0.440 e. The molecule has 0 spiro atoms. The second-order valence-corrected chi connectivity index (χ2v) is 4.26. The third-order valence-electron chi connectivity index (χ3n) is 2.81. The van der Waals surface area contributed by atoms with Crippen LogP contribution in [0, 0.1) is 5.92 Å². The predicted molar refractivity (Wildman–Crippen MR) is 58.2 cm³/mol. The standard InChI is InChI=1S/C11H12ClNO3/c1-2-7-5-10(14)13(6-7)11(15)8-3-4-9(12)16-8/h3-4,7H,2,5-6H2,1H3. The average molecular weight is 242 g/mol. The van der Waals surface area contributed by atoms with Gasteiger partial charge in [0.05, 0.1) is 0 Å². The lowest BCUT2D eigenvalue weighted by molar-refractivity contribution is -0.125. The van der Waals surface area contributed by atoms with Crippen LogP contribution in [0.5, 0.6) is 0 Å². The highest BCUT2D eigenvalue weighted by Gasteiger charge is 2.34. The van der Waals surface area contributed by atoms with E-state index in [1.807, 2.05) is 6.92 Å². The fourth-order valence-corrected chi connectivity index (χ4v) is 1.96. The third-order valence-corrected chi connectivity index (χ3v) is 3.01.